The largest absolute Gasteiger partial charge is 0.487 e. The van der Waals surface area contributed by atoms with Crippen LogP contribution in [0.25, 0.3) is 0 Å². The molecule has 4 aliphatic rings. The number of ether oxygens (including phenoxy) is 3. The number of rotatable bonds is 5. The molecule has 0 unspecified atom stereocenters. The van der Waals surface area contributed by atoms with Crippen molar-refractivity contribution < 1.29 is 37.7 Å². The van der Waals surface area contributed by atoms with Crippen LogP contribution in [0.1, 0.15) is 55.2 Å². The number of fused-ring (bicyclic) bond motifs is 3. The number of aliphatic hydroxyl groups is 1. The molecule has 6 rings (SSSR count). The second kappa shape index (κ2) is 15.6. The molecule has 3 aliphatic heterocycles. The van der Waals surface area contributed by atoms with Crippen molar-refractivity contribution in [3.63, 3.8) is 0 Å². The maximum absolute atomic E-state index is 13.5. The first kappa shape index (κ1) is 36.5. The van der Waals surface area contributed by atoms with Crippen molar-refractivity contribution in [3.05, 3.63) is 70.3 Å². The third-order valence-electron chi connectivity index (χ3n) is 10.7. The summed E-state index contributed by atoms with van der Waals surface area (Å²) in [6, 6.07) is 11.0. The maximum Gasteiger partial charge on any atom is 0.343 e. The predicted molar refractivity (Wildman–Crippen MR) is 187 cm³/mol. The molecule has 3 heterocycles. The Labute approximate surface area is 298 Å². The summed E-state index contributed by atoms with van der Waals surface area (Å²) >= 11 is 6.36. The van der Waals surface area contributed by atoms with E-state index in [-0.39, 0.29) is 36.6 Å². The fraction of sp³-hybridized carbons (Fsp3) is 0.579. The van der Waals surface area contributed by atoms with Crippen LogP contribution in [-0.2, 0) is 37.7 Å². The van der Waals surface area contributed by atoms with Crippen LogP contribution in [0, 0.1) is 11.8 Å². The number of nitrogens with zero attached hydrogens (tertiary/aromatic N) is 3. The first-order valence-electron chi connectivity index (χ1n) is 17.7. The zero-order valence-corrected chi connectivity index (χ0v) is 29.7. The van der Waals surface area contributed by atoms with Gasteiger partial charge < -0.3 is 29.1 Å². The van der Waals surface area contributed by atoms with E-state index in [1.165, 1.54) is 12.0 Å². The number of aryl methyl sites for hydroxylation is 1. The van der Waals surface area contributed by atoms with Crippen molar-refractivity contribution in [3.8, 4) is 5.75 Å². The zero-order chi connectivity index (χ0) is 35.5. The van der Waals surface area contributed by atoms with Crippen molar-refractivity contribution in [1.82, 2.24) is 9.80 Å². The van der Waals surface area contributed by atoms with Gasteiger partial charge in [0.1, 0.15) is 12.4 Å². The van der Waals surface area contributed by atoms with Gasteiger partial charge in [0, 0.05) is 38.2 Å². The van der Waals surface area contributed by atoms with Crippen LogP contribution in [0.3, 0.4) is 0 Å². The standard InChI is InChI=1S/C38H48ClF2N3O6/c1-42-15-5-4-8-33(49-18-17-43-24-37(40,41)25-43)31-13-10-27(31)22-44-16-6-3-7-26-19-30(39)12-9-28(26)23-50-34-14-11-29(20-32(34)44)38(47,21-35(42)45)36(46)48-2/h4,8-9,11-12,14,19-20,27,31,33,47H,3,5-7,10,13,15-18,21-25H2,1-2H3/b8-4+/t27-,31+,33-,38+/m0/s1. The minimum Gasteiger partial charge on any atom is -0.487 e. The number of likely N-dealkylation sites (tertiary alicyclic amines) is 1. The number of alkyl halides is 2. The first-order valence-corrected chi connectivity index (χ1v) is 18.1. The van der Waals surface area contributed by atoms with Crippen LogP contribution in [0.2, 0.25) is 5.02 Å². The Kier molecular flexibility index (Phi) is 11.4. The molecule has 1 saturated carbocycles. The second-order valence-corrected chi connectivity index (χ2v) is 14.7. The lowest BCUT2D eigenvalue weighted by Gasteiger charge is -2.44. The average Bonchev–Trinajstić information content (AvgIpc) is 3.09. The van der Waals surface area contributed by atoms with E-state index in [9.17, 15) is 23.5 Å². The summed E-state index contributed by atoms with van der Waals surface area (Å²) in [6.07, 6.45) is 8.53. The number of methoxy groups -OCH3 is 1. The van der Waals surface area contributed by atoms with Gasteiger partial charge in [0.15, 0.2) is 5.60 Å². The topological polar surface area (TPSA) is 91.8 Å². The highest BCUT2D eigenvalue weighted by atomic mass is 35.5. The van der Waals surface area contributed by atoms with Crippen LogP contribution in [0.15, 0.2) is 48.6 Å². The van der Waals surface area contributed by atoms with Crippen LogP contribution < -0.4 is 9.64 Å². The Morgan fingerprint density at radius 3 is 2.66 bits per heavy atom. The van der Waals surface area contributed by atoms with Gasteiger partial charge in [0.2, 0.25) is 5.91 Å². The van der Waals surface area contributed by atoms with Gasteiger partial charge in [-0.2, -0.15) is 0 Å². The number of anilines is 1. The van der Waals surface area contributed by atoms with E-state index in [2.05, 4.69) is 11.0 Å². The summed E-state index contributed by atoms with van der Waals surface area (Å²) in [5, 5.41) is 12.6. The number of halogens is 3. The summed E-state index contributed by atoms with van der Waals surface area (Å²) in [7, 11) is 2.85. The van der Waals surface area contributed by atoms with E-state index < -0.39 is 29.8 Å². The van der Waals surface area contributed by atoms with Crippen molar-refractivity contribution in [2.45, 2.75) is 69.2 Å². The molecule has 0 radical (unpaired) electrons. The van der Waals surface area contributed by atoms with Gasteiger partial charge in [-0.25, -0.2) is 13.6 Å². The van der Waals surface area contributed by atoms with Gasteiger partial charge in [0.25, 0.3) is 5.92 Å². The van der Waals surface area contributed by atoms with Crippen LogP contribution >= 0.6 is 11.6 Å². The van der Waals surface area contributed by atoms with Gasteiger partial charge in [-0.3, -0.25) is 9.69 Å². The molecule has 2 aromatic rings. The van der Waals surface area contributed by atoms with Crippen molar-refractivity contribution in [1.29, 1.82) is 0 Å². The molecule has 50 heavy (non-hydrogen) atoms. The molecule has 272 valence electrons. The monoisotopic (exact) mass is 715 g/mol. The molecular weight excluding hydrogens is 668 g/mol. The third kappa shape index (κ3) is 8.27. The highest BCUT2D eigenvalue weighted by Crippen LogP contribution is 2.43. The molecule has 1 saturated heterocycles. The van der Waals surface area contributed by atoms with E-state index in [4.69, 9.17) is 25.8 Å². The molecule has 1 amide bonds. The number of hydrogen-bond acceptors (Lipinski definition) is 8. The maximum atomic E-state index is 13.5. The number of benzene rings is 2. The molecule has 1 N–H and O–H groups in total. The molecule has 9 nitrogen and oxygen atoms in total. The molecule has 12 heteroatoms. The molecular formula is C38H48ClF2N3O6. The van der Waals surface area contributed by atoms with Crippen LogP contribution in [0.4, 0.5) is 14.5 Å². The smallest absolute Gasteiger partial charge is 0.343 e. The average molecular weight is 716 g/mol. The highest BCUT2D eigenvalue weighted by Gasteiger charge is 2.45. The molecule has 4 atom stereocenters. The Morgan fingerprint density at radius 2 is 1.92 bits per heavy atom. The molecule has 2 fully saturated rings. The summed E-state index contributed by atoms with van der Waals surface area (Å²) in [5.74, 6) is -2.85. The summed E-state index contributed by atoms with van der Waals surface area (Å²) in [5.41, 5.74) is 0.967. The number of carbonyl (C=O) groups excluding carboxylic acids is 2. The van der Waals surface area contributed by atoms with Gasteiger partial charge in [-0.05, 0) is 91.3 Å². The fourth-order valence-corrected chi connectivity index (χ4v) is 7.77. The quantitative estimate of drug-likeness (QED) is 0.317. The van der Waals surface area contributed by atoms with E-state index in [1.807, 2.05) is 24.3 Å². The van der Waals surface area contributed by atoms with Gasteiger partial charge in [0.05, 0.1) is 45.0 Å². The molecule has 1 aliphatic carbocycles. The summed E-state index contributed by atoms with van der Waals surface area (Å²) in [6.45, 7) is 2.41. The van der Waals surface area contributed by atoms with E-state index in [0.717, 1.165) is 48.9 Å². The Morgan fingerprint density at radius 1 is 1.10 bits per heavy atom. The zero-order valence-electron chi connectivity index (χ0n) is 28.9. The Hall–Kier alpha value is -3.25. The second-order valence-electron chi connectivity index (χ2n) is 14.3. The van der Waals surface area contributed by atoms with Crippen LogP contribution in [-0.4, -0.2) is 98.8 Å². The number of amides is 1. The van der Waals surface area contributed by atoms with E-state index in [1.54, 1.807) is 30.1 Å². The minimum absolute atomic E-state index is 0.195. The van der Waals surface area contributed by atoms with Crippen molar-refractivity contribution >= 4 is 29.2 Å². The minimum atomic E-state index is -2.62. The lowest BCUT2D eigenvalue weighted by Crippen LogP contribution is -2.57. The fourth-order valence-electron chi connectivity index (χ4n) is 7.58. The van der Waals surface area contributed by atoms with Crippen molar-refractivity contribution in [2.24, 2.45) is 11.8 Å². The Balaban J connectivity index is 1.34. The van der Waals surface area contributed by atoms with E-state index in [0.29, 0.717) is 56.6 Å². The molecule has 2 bridgehead atoms. The third-order valence-corrected chi connectivity index (χ3v) is 11.0. The molecule has 2 aromatic carbocycles. The predicted octanol–water partition coefficient (Wildman–Crippen LogP) is 5.59. The van der Waals surface area contributed by atoms with Crippen molar-refractivity contribution in [2.75, 3.05) is 64.9 Å². The van der Waals surface area contributed by atoms with E-state index >= 15 is 0 Å². The number of esters is 1. The highest BCUT2D eigenvalue weighted by molar-refractivity contribution is 6.30. The Bertz CT molecular complexity index is 1570. The number of hydrogen-bond donors (Lipinski definition) is 1. The normalized spacial score (nSPS) is 28.1. The summed E-state index contributed by atoms with van der Waals surface area (Å²) in [4.78, 5) is 32.2. The molecule has 0 aromatic heterocycles. The van der Waals surface area contributed by atoms with Crippen LogP contribution in [0.5, 0.6) is 5.75 Å². The van der Waals surface area contributed by atoms with Gasteiger partial charge in [-0.15, -0.1) is 0 Å². The molecule has 0 spiro atoms. The lowest BCUT2D eigenvalue weighted by molar-refractivity contribution is -0.168. The first-order chi connectivity index (χ1) is 24.0. The van der Waals surface area contributed by atoms with Gasteiger partial charge in [-0.1, -0.05) is 35.9 Å². The lowest BCUT2D eigenvalue weighted by atomic mass is 9.70. The van der Waals surface area contributed by atoms with Gasteiger partial charge >= 0.3 is 5.97 Å². The SMILES string of the molecule is COC(=O)[C@@]1(O)CC(=O)N(C)CC/C=C/[C@H](OCCN2CC(F)(F)C2)[C@@H]2CC[C@H]2CN2CCCCc3cc(Cl)ccc3COc3ccc1cc32. The number of carbonyl (C=O) groups is 2. The summed E-state index contributed by atoms with van der Waals surface area (Å²) < 4.78 is 44.8.